The summed E-state index contributed by atoms with van der Waals surface area (Å²) in [6, 6.07) is 22.4. The summed E-state index contributed by atoms with van der Waals surface area (Å²) in [5, 5.41) is 3.26. The quantitative estimate of drug-likeness (QED) is 0.383. The third-order valence-electron chi connectivity index (χ3n) is 4.64. The zero-order chi connectivity index (χ0) is 17.7. The average Bonchev–Trinajstić information content (AvgIpc) is 3.04. The summed E-state index contributed by atoms with van der Waals surface area (Å²) in [4.78, 5) is 9.40. The van der Waals surface area contributed by atoms with E-state index < -0.39 is 0 Å². The van der Waals surface area contributed by atoms with Crippen LogP contribution >= 0.6 is 0 Å². The summed E-state index contributed by atoms with van der Waals surface area (Å²) >= 11 is 0. The van der Waals surface area contributed by atoms with Gasteiger partial charge in [0.1, 0.15) is 11.2 Å². The topological polar surface area (TPSA) is 38.9 Å². The van der Waals surface area contributed by atoms with Gasteiger partial charge in [-0.05, 0) is 36.8 Å². The molecule has 0 saturated heterocycles. The first-order valence-corrected chi connectivity index (χ1v) is 8.55. The Morgan fingerprint density at radius 3 is 2.38 bits per heavy atom. The molecule has 3 heteroatoms. The summed E-state index contributed by atoms with van der Waals surface area (Å²) < 4.78 is 6.04. The van der Waals surface area contributed by atoms with Crippen molar-refractivity contribution < 1.29 is 4.42 Å². The van der Waals surface area contributed by atoms with Gasteiger partial charge >= 0.3 is 0 Å². The Morgan fingerprint density at radius 2 is 1.54 bits per heavy atom. The van der Waals surface area contributed by atoms with Gasteiger partial charge in [0.2, 0.25) is 0 Å². The van der Waals surface area contributed by atoms with Gasteiger partial charge in [0.05, 0.1) is 11.2 Å². The zero-order valence-electron chi connectivity index (χ0n) is 14.4. The molecule has 0 bridgehead atoms. The second-order valence-corrected chi connectivity index (χ2v) is 6.50. The summed E-state index contributed by atoms with van der Waals surface area (Å²) in [6.07, 6.45) is 0. The molecule has 124 valence electrons. The van der Waals surface area contributed by atoms with Gasteiger partial charge in [0.15, 0.2) is 5.82 Å². The van der Waals surface area contributed by atoms with E-state index >= 15 is 0 Å². The molecule has 5 aromatic rings. The third-order valence-corrected chi connectivity index (χ3v) is 4.64. The third kappa shape index (κ3) is 2.21. The highest BCUT2D eigenvalue weighted by molar-refractivity contribution is 6.06. The number of rotatable bonds is 2. The van der Waals surface area contributed by atoms with E-state index in [2.05, 4.69) is 41.9 Å². The zero-order valence-corrected chi connectivity index (χ0v) is 14.4. The predicted molar refractivity (Wildman–Crippen MR) is 107 cm³/mol. The van der Waals surface area contributed by atoms with E-state index in [1.165, 1.54) is 0 Å². The Kier molecular flexibility index (Phi) is 3.16. The standard InChI is InChI=1S/C23H16N2O/c1-14(2)23-24-19-9-5-3-8-18(19)22(25-23)15-11-12-17-16-7-4-6-10-20(16)26-21(17)13-15/h3-13H,1H2,2H3. The van der Waals surface area contributed by atoms with Crippen molar-refractivity contribution in [3.05, 3.63) is 79.1 Å². The molecule has 0 N–H and O–H groups in total. The lowest BCUT2D eigenvalue weighted by atomic mass is 10.0. The van der Waals surface area contributed by atoms with E-state index in [1.54, 1.807) is 0 Å². The molecule has 0 fully saturated rings. The van der Waals surface area contributed by atoms with Crippen molar-refractivity contribution >= 4 is 38.4 Å². The fourth-order valence-corrected chi connectivity index (χ4v) is 3.36. The van der Waals surface area contributed by atoms with Crippen LogP contribution < -0.4 is 0 Å². The van der Waals surface area contributed by atoms with E-state index in [0.717, 1.165) is 49.7 Å². The molecule has 0 radical (unpaired) electrons. The molecule has 3 nitrogen and oxygen atoms in total. The molecule has 0 atom stereocenters. The van der Waals surface area contributed by atoms with Crippen LogP contribution in [0.3, 0.4) is 0 Å². The maximum atomic E-state index is 6.04. The highest BCUT2D eigenvalue weighted by Crippen LogP contribution is 2.34. The van der Waals surface area contributed by atoms with Gasteiger partial charge in [0, 0.05) is 21.7 Å². The number of hydrogen-bond acceptors (Lipinski definition) is 3. The number of furan rings is 1. The van der Waals surface area contributed by atoms with Crippen LogP contribution in [0.15, 0.2) is 77.7 Å². The maximum Gasteiger partial charge on any atom is 0.155 e. The minimum atomic E-state index is 0.670. The van der Waals surface area contributed by atoms with Gasteiger partial charge in [-0.15, -0.1) is 0 Å². The highest BCUT2D eigenvalue weighted by atomic mass is 16.3. The van der Waals surface area contributed by atoms with Crippen LogP contribution in [0.5, 0.6) is 0 Å². The first-order valence-electron chi connectivity index (χ1n) is 8.55. The normalized spacial score (nSPS) is 11.4. The summed E-state index contributed by atoms with van der Waals surface area (Å²) in [5.74, 6) is 0.670. The van der Waals surface area contributed by atoms with Crippen molar-refractivity contribution in [1.82, 2.24) is 9.97 Å². The predicted octanol–water partition coefficient (Wildman–Crippen LogP) is 6.23. The molecule has 0 aliphatic rings. The molecule has 0 saturated carbocycles. The van der Waals surface area contributed by atoms with Crippen molar-refractivity contribution in [2.24, 2.45) is 0 Å². The van der Waals surface area contributed by atoms with Gasteiger partial charge < -0.3 is 4.42 Å². The van der Waals surface area contributed by atoms with Crippen LogP contribution in [0.4, 0.5) is 0 Å². The van der Waals surface area contributed by atoms with E-state index in [0.29, 0.717) is 5.82 Å². The molecule has 3 aromatic carbocycles. The van der Waals surface area contributed by atoms with E-state index in [4.69, 9.17) is 9.40 Å². The number of para-hydroxylation sites is 2. The number of fused-ring (bicyclic) bond motifs is 4. The Hall–Kier alpha value is -3.46. The van der Waals surface area contributed by atoms with Gasteiger partial charge in [-0.2, -0.15) is 0 Å². The van der Waals surface area contributed by atoms with Crippen LogP contribution in [0.1, 0.15) is 12.7 Å². The fourth-order valence-electron chi connectivity index (χ4n) is 3.36. The Labute approximate surface area is 150 Å². The number of allylic oxidation sites excluding steroid dienone is 1. The van der Waals surface area contributed by atoms with E-state index in [9.17, 15) is 0 Å². The van der Waals surface area contributed by atoms with Gasteiger partial charge in [-0.3, -0.25) is 0 Å². The molecule has 0 spiro atoms. The smallest absolute Gasteiger partial charge is 0.155 e. The largest absolute Gasteiger partial charge is 0.456 e. The monoisotopic (exact) mass is 336 g/mol. The number of hydrogen-bond donors (Lipinski definition) is 0. The molecule has 5 rings (SSSR count). The second kappa shape index (κ2) is 5.53. The maximum absolute atomic E-state index is 6.04. The first kappa shape index (κ1) is 14.8. The Bertz CT molecular complexity index is 1310. The summed E-state index contributed by atoms with van der Waals surface area (Å²) in [6.45, 7) is 5.93. The number of nitrogens with zero attached hydrogens (tertiary/aromatic N) is 2. The van der Waals surface area contributed by atoms with Crippen molar-refractivity contribution in [2.45, 2.75) is 6.92 Å². The van der Waals surface area contributed by atoms with Crippen molar-refractivity contribution in [3.63, 3.8) is 0 Å². The molecule has 0 amide bonds. The molecule has 26 heavy (non-hydrogen) atoms. The summed E-state index contributed by atoms with van der Waals surface area (Å²) in [5.41, 5.74) is 5.44. The lowest BCUT2D eigenvalue weighted by Crippen LogP contribution is -1.96. The molecular formula is C23H16N2O. The highest BCUT2D eigenvalue weighted by Gasteiger charge is 2.13. The van der Waals surface area contributed by atoms with Crippen LogP contribution in [-0.2, 0) is 0 Å². The Balaban J connectivity index is 1.81. The fraction of sp³-hybridized carbons (Fsp3) is 0.0435. The lowest BCUT2D eigenvalue weighted by molar-refractivity contribution is 0.669. The Morgan fingerprint density at radius 1 is 0.808 bits per heavy atom. The van der Waals surface area contributed by atoms with Crippen LogP contribution in [0.2, 0.25) is 0 Å². The van der Waals surface area contributed by atoms with Gasteiger partial charge in [-0.25, -0.2) is 9.97 Å². The minimum absolute atomic E-state index is 0.670. The first-order chi connectivity index (χ1) is 12.7. The molecule has 2 heterocycles. The van der Waals surface area contributed by atoms with Gasteiger partial charge in [-0.1, -0.05) is 49.0 Å². The SMILES string of the molecule is C=C(C)c1nc(-c2ccc3c(c2)oc2ccccc23)c2ccccc2n1. The van der Waals surface area contributed by atoms with Gasteiger partial charge in [0.25, 0.3) is 0 Å². The second-order valence-electron chi connectivity index (χ2n) is 6.50. The van der Waals surface area contributed by atoms with Crippen LogP contribution in [0.25, 0.3) is 49.7 Å². The molecule has 0 aliphatic heterocycles. The minimum Gasteiger partial charge on any atom is -0.456 e. The average molecular weight is 336 g/mol. The molecule has 0 unspecified atom stereocenters. The van der Waals surface area contributed by atoms with Crippen LogP contribution in [0, 0.1) is 0 Å². The van der Waals surface area contributed by atoms with E-state index in [-0.39, 0.29) is 0 Å². The van der Waals surface area contributed by atoms with E-state index in [1.807, 2.05) is 43.3 Å². The molecule has 2 aromatic heterocycles. The summed E-state index contributed by atoms with van der Waals surface area (Å²) in [7, 11) is 0. The van der Waals surface area contributed by atoms with Crippen molar-refractivity contribution in [1.29, 1.82) is 0 Å². The number of aromatic nitrogens is 2. The molecule has 0 aliphatic carbocycles. The van der Waals surface area contributed by atoms with Crippen LogP contribution in [-0.4, -0.2) is 9.97 Å². The number of benzene rings is 3. The molecular weight excluding hydrogens is 320 g/mol. The lowest BCUT2D eigenvalue weighted by Gasteiger charge is -2.09. The van der Waals surface area contributed by atoms with Crippen molar-refractivity contribution in [3.8, 4) is 11.3 Å². The van der Waals surface area contributed by atoms with Crippen molar-refractivity contribution in [2.75, 3.05) is 0 Å².